The second-order valence-electron chi connectivity index (χ2n) is 12.2. The van der Waals surface area contributed by atoms with Gasteiger partial charge in [-0.1, -0.05) is 133 Å². The Balaban J connectivity index is 0.00000486. The molecule has 1 amide bonds. The van der Waals surface area contributed by atoms with Crippen LogP contribution in [0.25, 0.3) is 11.0 Å². The number of halogens is 1. The lowest BCUT2D eigenvalue weighted by Crippen LogP contribution is -2.50. The number of aromatic nitrogens is 2. The van der Waals surface area contributed by atoms with Crippen LogP contribution in [-0.4, -0.2) is 38.4 Å². The van der Waals surface area contributed by atoms with Crippen molar-refractivity contribution in [2.24, 2.45) is 0 Å². The normalized spacial score (nSPS) is 12.1. The number of fused-ring (bicyclic) bond motifs is 1. The standard InChI is InChI=1S/C41H39N3O3S2.ClH/c1-40(2,48-29-37-42-34-25-15-16-26-35(34)43-37)39(46)44-36(38(45)47-27-30-17-7-3-8-18-30)28-49-41(31-19-9-4-10-20-31,32-21-11-5-12-22-32)33-23-13-6-14-24-33;/h3-26,36H,27-29H2,1-2H3,(H,42,43)(H,44,46);1H/t36-;/m0./s1. The molecule has 0 aliphatic rings. The van der Waals surface area contributed by atoms with E-state index >= 15 is 0 Å². The molecule has 6 aromatic rings. The van der Waals surface area contributed by atoms with Crippen LogP contribution >= 0.6 is 35.9 Å². The predicted molar refractivity (Wildman–Crippen MR) is 209 cm³/mol. The third-order valence-corrected chi connectivity index (χ3v) is 11.3. The van der Waals surface area contributed by atoms with Gasteiger partial charge in [0.2, 0.25) is 5.91 Å². The van der Waals surface area contributed by atoms with Crippen LogP contribution in [0.2, 0.25) is 0 Å². The summed E-state index contributed by atoms with van der Waals surface area (Å²) in [6.45, 7) is 3.86. The fourth-order valence-electron chi connectivity index (χ4n) is 5.70. The summed E-state index contributed by atoms with van der Waals surface area (Å²) in [4.78, 5) is 35.9. The molecule has 256 valence electrons. The van der Waals surface area contributed by atoms with E-state index in [1.165, 1.54) is 11.8 Å². The number of benzene rings is 5. The summed E-state index contributed by atoms with van der Waals surface area (Å²) in [5, 5.41) is 3.10. The Bertz CT molecular complexity index is 1840. The highest BCUT2D eigenvalue weighted by Crippen LogP contribution is 2.48. The largest absolute Gasteiger partial charge is 0.459 e. The molecule has 6 rings (SSSR count). The first-order chi connectivity index (χ1) is 23.8. The predicted octanol–water partition coefficient (Wildman–Crippen LogP) is 8.95. The number of rotatable bonds is 14. The molecular formula is C41H40ClN3O3S2. The zero-order valence-corrected chi connectivity index (χ0v) is 30.4. The lowest BCUT2D eigenvalue weighted by Gasteiger charge is -2.36. The number of amides is 1. The molecule has 0 saturated heterocycles. The second-order valence-corrected chi connectivity index (χ2v) is 15.0. The molecule has 6 nitrogen and oxygen atoms in total. The smallest absolute Gasteiger partial charge is 0.329 e. The molecule has 2 N–H and O–H groups in total. The van der Waals surface area contributed by atoms with Crippen molar-refractivity contribution in [3.63, 3.8) is 0 Å². The molecule has 0 bridgehead atoms. The van der Waals surface area contributed by atoms with Gasteiger partial charge < -0.3 is 15.0 Å². The van der Waals surface area contributed by atoms with Crippen LogP contribution in [0.1, 0.15) is 41.9 Å². The number of ether oxygens (including phenoxy) is 1. The molecule has 0 aliphatic carbocycles. The third-order valence-electron chi connectivity index (χ3n) is 8.38. The number of para-hydroxylation sites is 2. The fraction of sp³-hybridized carbons (Fsp3) is 0.195. The molecule has 0 fully saturated rings. The lowest BCUT2D eigenvalue weighted by atomic mass is 9.84. The Labute approximate surface area is 308 Å². The van der Waals surface area contributed by atoms with Crippen molar-refractivity contribution in [2.45, 2.75) is 41.7 Å². The maximum absolute atomic E-state index is 14.0. The summed E-state index contributed by atoms with van der Waals surface area (Å²) >= 11 is 3.08. The van der Waals surface area contributed by atoms with Crippen LogP contribution < -0.4 is 5.32 Å². The van der Waals surface area contributed by atoms with Crippen LogP contribution in [0.15, 0.2) is 146 Å². The van der Waals surface area contributed by atoms with Crippen LogP contribution in [0.3, 0.4) is 0 Å². The first-order valence-corrected chi connectivity index (χ1v) is 18.2. The molecule has 1 atom stereocenters. The Hall–Kier alpha value is -4.50. The van der Waals surface area contributed by atoms with Crippen molar-refractivity contribution in [3.05, 3.63) is 174 Å². The minimum absolute atomic E-state index is 0. The third kappa shape index (κ3) is 8.62. The summed E-state index contributed by atoms with van der Waals surface area (Å²) < 4.78 is 4.33. The minimum atomic E-state index is -0.914. The van der Waals surface area contributed by atoms with E-state index in [0.717, 1.165) is 39.1 Å². The number of carbonyl (C=O) groups excluding carboxylic acids is 2. The van der Waals surface area contributed by atoms with E-state index < -0.39 is 21.5 Å². The topological polar surface area (TPSA) is 84.1 Å². The monoisotopic (exact) mass is 721 g/mol. The van der Waals surface area contributed by atoms with Crippen LogP contribution in [-0.2, 0) is 31.4 Å². The molecule has 50 heavy (non-hydrogen) atoms. The summed E-state index contributed by atoms with van der Waals surface area (Å²) in [7, 11) is 0. The van der Waals surface area contributed by atoms with E-state index in [4.69, 9.17) is 4.74 Å². The van der Waals surface area contributed by atoms with Crippen LogP contribution in [0.5, 0.6) is 0 Å². The maximum Gasteiger partial charge on any atom is 0.329 e. The van der Waals surface area contributed by atoms with Crippen molar-refractivity contribution >= 4 is 58.8 Å². The van der Waals surface area contributed by atoms with Crippen molar-refractivity contribution in [2.75, 3.05) is 5.75 Å². The molecular weight excluding hydrogens is 682 g/mol. The Morgan fingerprint density at radius 2 is 1.22 bits per heavy atom. The van der Waals surface area contributed by atoms with Gasteiger partial charge in [0.05, 0.1) is 26.3 Å². The van der Waals surface area contributed by atoms with Crippen molar-refractivity contribution in [1.29, 1.82) is 0 Å². The molecule has 5 aromatic carbocycles. The number of thioether (sulfide) groups is 2. The number of H-pyrrole nitrogens is 1. The summed E-state index contributed by atoms with van der Waals surface area (Å²) in [6.07, 6.45) is 0. The van der Waals surface area contributed by atoms with Gasteiger partial charge in [-0.25, -0.2) is 9.78 Å². The molecule has 0 unspecified atom stereocenters. The Morgan fingerprint density at radius 3 is 1.76 bits per heavy atom. The lowest BCUT2D eigenvalue weighted by molar-refractivity contribution is -0.148. The van der Waals surface area contributed by atoms with Crippen LogP contribution in [0.4, 0.5) is 0 Å². The summed E-state index contributed by atoms with van der Waals surface area (Å²) in [5.74, 6) is 0.834. The average Bonchev–Trinajstić information content (AvgIpc) is 3.58. The second kappa shape index (κ2) is 16.9. The van der Waals surface area contributed by atoms with E-state index in [1.807, 2.05) is 123 Å². The number of hydrogen-bond donors (Lipinski definition) is 2. The quantitative estimate of drug-likeness (QED) is 0.0864. The van der Waals surface area contributed by atoms with Gasteiger partial charge in [0.15, 0.2) is 0 Å². The highest BCUT2D eigenvalue weighted by molar-refractivity contribution is 8.01. The van der Waals surface area contributed by atoms with Gasteiger partial charge in [0.1, 0.15) is 18.5 Å². The van der Waals surface area contributed by atoms with E-state index in [1.54, 1.807) is 11.8 Å². The van der Waals surface area contributed by atoms with Crippen molar-refractivity contribution in [1.82, 2.24) is 15.3 Å². The number of hydrogen-bond acceptors (Lipinski definition) is 6. The highest BCUT2D eigenvalue weighted by atomic mass is 35.5. The number of nitrogens with one attached hydrogen (secondary N) is 2. The van der Waals surface area contributed by atoms with Gasteiger partial charge in [-0.3, -0.25) is 4.79 Å². The number of carbonyl (C=O) groups is 2. The summed E-state index contributed by atoms with van der Waals surface area (Å²) in [5.41, 5.74) is 5.93. The molecule has 1 aromatic heterocycles. The Morgan fingerprint density at radius 1 is 0.720 bits per heavy atom. The van der Waals surface area contributed by atoms with Gasteiger partial charge in [0.25, 0.3) is 0 Å². The van der Waals surface area contributed by atoms with E-state index in [9.17, 15) is 9.59 Å². The number of nitrogens with zero attached hydrogens (tertiary/aromatic N) is 1. The minimum Gasteiger partial charge on any atom is -0.459 e. The van der Waals surface area contributed by atoms with Crippen molar-refractivity contribution < 1.29 is 14.3 Å². The maximum atomic E-state index is 14.0. The van der Waals surface area contributed by atoms with E-state index in [0.29, 0.717) is 5.75 Å². The summed E-state index contributed by atoms with van der Waals surface area (Å²) in [6, 6.07) is 47.4. The van der Waals surface area contributed by atoms with E-state index in [2.05, 4.69) is 51.7 Å². The van der Waals surface area contributed by atoms with Crippen molar-refractivity contribution in [3.8, 4) is 0 Å². The van der Waals surface area contributed by atoms with Crippen LogP contribution in [0, 0.1) is 0 Å². The van der Waals surface area contributed by atoms with Gasteiger partial charge in [-0.2, -0.15) is 0 Å². The van der Waals surface area contributed by atoms with Gasteiger partial charge >= 0.3 is 5.97 Å². The molecule has 9 heteroatoms. The number of aromatic amines is 1. The average molecular weight is 722 g/mol. The fourth-order valence-corrected chi connectivity index (χ4v) is 8.06. The van der Waals surface area contributed by atoms with Gasteiger partial charge in [0, 0.05) is 5.75 Å². The molecule has 0 saturated carbocycles. The molecule has 0 spiro atoms. The number of esters is 1. The molecule has 1 heterocycles. The van der Waals surface area contributed by atoms with E-state index in [-0.39, 0.29) is 30.7 Å². The first-order valence-electron chi connectivity index (χ1n) is 16.2. The first kappa shape index (κ1) is 36.8. The zero-order chi connectivity index (χ0) is 34.1. The molecule has 0 aliphatic heterocycles. The highest BCUT2D eigenvalue weighted by Gasteiger charge is 2.40. The zero-order valence-electron chi connectivity index (χ0n) is 28.0. The van der Waals surface area contributed by atoms with Gasteiger partial charge in [-0.05, 0) is 48.2 Å². The van der Waals surface area contributed by atoms with Gasteiger partial charge in [-0.15, -0.1) is 35.9 Å². The number of imidazole rings is 1. The SMILES string of the molecule is CC(C)(SCc1nc2ccccc2[nH]1)C(=O)N[C@@H](CSC(c1ccccc1)(c1ccccc1)c1ccccc1)C(=O)OCc1ccccc1.Cl. The Kier molecular flexibility index (Phi) is 12.5. The molecule has 0 radical (unpaired) electrons.